The van der Waals surface area contributed by atoms with Crippen LogP contribution in [0.15, 0.2) is 72.1 Å². The zero-order valence-corrected chi connectivity index (χ0v) is 25.3. The highest BCUT2D eigenvalue weighted by Gasteiger charge is 2.36. The predicted molar refractivity (Wildman–Crippen MR) is 172 cm³/mol. The Morgan fingerprint density at radius 3 is 2.44 bits per heavy atom. The Morgan fingerprint density at radius 2 is 1.65 bits per heavy atom. The molecule has 1 amide bonds. The maximum Gasteiger partial charge on any atom is 0.410 e. The van der Waals surface area contributed by atoms with E-state index in [2.05, 4.69) is 58.5 Å². The van der Waals surface area contributed by atoms with Crippen LogP contribution in [0.5, 0.6) is 0 Å². The molecule has 0 spiro atoms. The highest BCUT2D eigenvalue weighted by Crippen LogP contribution is 2.35. The minimum atomic E-state index is -0.510. The van der Waals surface area contributed by atoms with Crippen LogP contribution < -0.4 is 0 Å². The van der Waals surface area contributed by atoms with E-state index in [1.807, 2.05) is 44.3 Å². The molecule has 220 valence electrons. The van der Waals surface area contributed by atoms with E-state index in [1.54, 1.807) is 0 Å². The number of likely N-dealkylation sites (tertiary alicyclic amines) is 1. The number of nitrogens with one attached hydrogen (secondary N) is 1. The standard InChI is InChI=1S/C36H39N5O2/c1-36(2,3)43-35(42)41-16-6-9-33(41)31-19-29(21-38-31)28-17-27-15-14-26(18-30(27)37-20-28)23-10-12-24(13-11-23)32-22-39-34(40-32)25-7-4-5-8-25/h10-15,17-18,20-22,25,33H,4-9,16,19H2,1-3H3,(H,39,40)/t33-/m1/s1. The van der Waals surface area contributed by atoms with Crippen LogP contribution in [-0.2, 0) is 4.74 Å². The van der Waals surface area contributed by atoms with Crippen LogP contribution >= 0.6 is 0 Å². The molecule has 7 heteroatoms. The van der Waals surface area contributed by atoms with Crippen LogP contribution in [0.3, 0.4) is 0 Å². The van der Waals surface area contributed by atoms with Crippen molar-refractivity contribution in [3.8, 4) is 22.4 Å². The molecule has 0 bridgehead atoms. The van der Waals surface area contributed by atoms with Gasteiger partial charge in [0.25, 0.3) is 0 Å². The molecule has 3 aliphatic rings. The number of hydrogen-bond donors (Lipinski definition) is 1. The molecule has 4 aromatic rings. The molecule has 2 fully saturated rings. The third kappa shape index (κ3) is 5.73. The Labute approximate surface area is 253 Å². The molecule has 2 aromatic carbocycles. The number of carbonyl (C=O) groups is 1. The second-order valence-corrected chi connectivity index (χ2v) is 13.2. The number of amides is 1. The first-order valence-corrected chi connectivity index (χ1v) is 15.6. The molecule has 0 radical (unpaired) electrons. The largest absolute Gasteiger partial charge is 0.444 e. The number of fused-ring (bicyclic) bond motifs is 1. The van der Waals surface area contributed by atoms with Crippen LogP contribution in [0, 0.1) is 0 Å². The normalized spacial score (nSPS) is 19.2. The van der Waals surface area contributed by atoms with Gasteiger partial charge in [0.1, 0.15) is 11.4 Å². The van der Waals surface area contributed by atoms with Crippen LogP contribution in [-0.4, -0.2) is 49.8 Å². The number of aromatic nitrogens is 3. The average molecular weight is 574 g/mol. The monoisotopic (exact) mass is 573 g/mol. The third-order valence-electron chi connectivity index (χ3n) is 8.94. The lowest BCUT2D eigenvalue weighted by molar-refractivity contribution is 0.0265. The number of H-pyrrole nitrogens is 1. The molecular weight excluding hydrogens is 534 g/mol. The molecule has 4 heterocycles. The number of hydrogen-bond acceptors (Lipinski definition) is 5. The maximum absolute atomic E-state index is 12.8. The molecule has 1 saturated heterocycles. The fourth-order valence-electron chi connectivity index (χ4n) is 6.69. The van der Waals surface area contributed by atoms with Crippen LogP contribution in [0.4, 0.5) is 4.79 Å². The van der Waals surface area contributed by atoms with Crippen molar-refractivity contribution in [2.24, 2.45) is 4.99 Å². The minimum absolute atomic E-state index is 0.00595. The van der Waals surface area contributed by atoms with Gasteiger partial charge in [-0.25, -0.2) is 9.78 Å². The van der Waals surface area contributed by atoms with Crippen molar-refractivity contribution in [2.45, 2.75) is 83.3 Å². The molecule has 1 saturated carbocycles. The van der Waals surface area contributed by atoms with Gasteiger partial charge in [0.05, 0.1) is 23.4 Å². The van der Waals surface area contributed by atoms with Gasteiger partial charge in [0.15, 0.2) is 0 Å². The van der Waals surface area contributed by atoms with Crippen LogP contribution in [0.2, 0.25) is 0 Å². The van der Waals surface area contributed by atoms with E-state index in [0.717, 1.165) is 75.2 Å². The highest BCUT2D eigenvalue weighted by atomic mass is 16.6. The lowest BCUT2D eigenvalue weighted by Gasteiger charge is -2.28. The average Bonchev–Trinajstić information content (AvgIpc) is 3.82. The van der Waals surface area contributed by atoms with Crippen molar-refractivity contribution >= 4 is 28.3 Å². The van der Waals surface area contributed by atoms with Crippen molar-refractivity contribution in [3.63, 3.8) is 0 Å². The Balaban J connectivity index is 1.03. The van der Waals surface area contributed by atoms with Crippen molar-refractivity contribution in [3.05, 3.63) is 78.5 Å². The highest BCUT2D eigenvalue weighted by molar-refractivity contribution is 6.03. The van der Waals surface area contributed by atoms with Crippen LogP contribution in [0.1, 0.15) is 83.0 Å². The maximum atomic E-state index is 12.8. The predicted octanol–water partition coefficient (Wildman–Crippen LogP) is 8.53. The van der Waals surface area contributed by atoms with Crippen molar-refractivity contribution in [1.82, 2.24) is 19.9 Å². The summed E-state index contributed by atoms with van der Waals surface area (Å²) in [6.45, 7) is 6.42. The van der Waals surface area contributed by atoms with E-state index in [1.165, 1.54) is 25.7 Å². The van der Waals surface area contributed by atoms with Crippen molar-refractivity contribution in [1.29, 1.82) is 0 Å². The summed E-state index contributed by atoms with van der Waals surface area (Å²) in [4.78, 5) is 32.5. The van der Waals surface area contributed by atoms with Gasteiger partial charge in [-0.05, 0) is 86.4 Å². The number of aliphatic imine (C=N–C) groups is 1. The summed E-state index contributed by atoms with van der Waals surface area (Å²) >= 11 is 0. The van der Waals surface area contributed by atoms with Crippen molar-refractivity contribution in [2.75, 3.05) is 6.54 Å². The number of pyridine rings is 1. The van der Waals surface area contributed by atoms with E-state index in [9.17, 15) is 4.79 Å². The quantitative estimate of drug-likeness (QED) is 0.259. The number of benzene rings is 2. The number of ether oxygens (including phenoxy) is 1. The summed E-state index contributed by atoms with van der Waals surface area (Å²) in [6, 6.07) is 17.3. The first-order valence-electron chi connectivity index (χ1n) is 15.6. The van der Waals surface area contributed by atoms with E-state index in [-0.39, 0.29) is 12.1 Å². The Hall–Kier alpha value is -4.26. The second-order valence-electron chi connectivity index (χ2n) is 13.2. The minimum Gasteiger partial charge on any atom is -0.444 e. The van der Waals surface area contributed by atoms with Crippen molar-refractivity contribution < 1.29 is 9.53 Å². The lowest BCUT2D eigenvalue weighted by Crippen LogP contribution is -2.43. The Bertz CT molecular complexity index is 1720. The van der Waals surface area contributed by atoms with Gasteiger partial charge in [-0.1, -0.05) is 49.2 Å². The molecule has 7 nitrogen and oxygen atoms in total. The first-order chi connectivity index (χ1) is 20.8. The van der Waals surface area contributed by atoms with E-state index >= 15 is 0 Å². The Morgan fingerprint density at radius 1 is 0.884 bits per heavy atom. The van der Waals surface area contributed by atoms with Gasteiger partial charge in [0, 0.05) is 42.4 Å². The summed E-state index contributed by atoms with van der Waals surface area (Å²) < 4.78 is 5.66. The number of aromatic amines is 1. The molecule has 1 atom stereocenters. The van der Waals surface area contributed by atoms with Crippen LogP contribution in [0.25, 0.3) is 38.9 Å². The Kier molecular flexibility index (Phi) is 7.12. The fourth-order valence-corrected chi connectivity index (χ4v) is 6.69. The lowest BCUT2D eigenvalue weighted by atomic mass is 9.97. The fraction of sp³-hybridized carbons (Fsp3) is 0.389. The number of imidazole rings is 1. The molecule has 7 rings (SSSR count). The molecular formula is C36H39N5O2. The molecule has 1 N–H and O–H groups in total. The molecule has 1 aliphatic carbocycles. The topological polar surface area (TPSA) is 83.5 Å². The van der Waals surface area contributed by atoms with Gasteiger partial charge >= 0.3 is 6.09 Å². The molecule has 0 unspecified atom stereocenters. The molecule has 43 heavy (non-hydrogen) atoms. The second kappa shape index (κ2) is 11.1. The van der Waals surface area contributed by atoms with Gasteiger partial charge in [-0.2, -0.15) is 0 Å². The number of allylic oxidation sites excluding steroid dienone is 1. The summed E-state index contributed by atoms with van der Waals surface area (Å²) in [6.07, 6.45) is 13.3. The zero-order valence-electron chi connectivity index (χ0n) is 25.3. The summed E-state index contributed by atoms with van der Waals surface area (Å²) in [7, 11) is 0. The molecule has 2 aromatic heterocycles. The number of nitrogens with zero attached hydrogens (tertiary/aromatic N) is 4. The summed E-state index contributed by atoms with van der Waals surface area (Å²) in [5.74, 6) is 1.72. The van der Waals surface area contributed by atoms with E-state index < -0.39 is 5.60 Å². The summed E-state index contributed by atoms with van der Waals surface area (Å²) in [5.41, 5.74) is 8.23. The van der Waals surface area contributed by atoms with Gasteiger partial charge in [-0.3, -0.25) is 14.9 Å². The zero-order chi connectivity index (χ0) is 29.6. The van der Waals surface area contributed by atoms with E-state index in [0.29, 0.717) is 12.5 Å². The molecule has 2 aliphatic heterocycles. The van der Waals surface area contributed by atoms with Gasteiger partial charge in [0.2, 0.25) is 0 Å². The van der Waals surface area contributed by atoms with Gasteiger partial charge in [-0.15, -0.1) is 0 Å². The number of rotatable bonds is 5. The first kappa shape index (κ1) is 27.6. The summed E-state index contributed by atoms with van der Waals surface area (Å²) in [5, 5.41) is 1.10. The SMILES string of the molecule is CC(C)(C)OC(=O)N1CCC[C@@H]1C1=NC=C(c2cnc3cc(-c4ccc(-c5cnc(C6CCCC6)[nH]5)cc4)ccc3c2)C1. The van der Waals surface area contributed by atoms with E-state index in [4.69, 9.17) is 14.7 Å². The third-order valence-corrected chi connectivity index (χ3v) is 8.94. The van der Waals surface area contributed by atoms with Gasteiger partial charge < -0.3 is 9.72 Å². The number of carbonyl (C=O) groups excluding carboxylic acids is 1. The smallest absolute Gasteiger partial charge is 0.410 e.